The molecule has 1 fully saturated rings. The first-order valence-electron chi connectivity index (χ1n) is 7.26. The Morgan fingerprint density at radius 2 is 2.05 bits per heavy atom. The maximum Gasteiger partial charge on any atom is 0.0462 e. The molecule has 0 aliphatic heterocycles. The topological polar surface area (TPSA) is 71.2 Å². The van der Waals surface area contributed by atoms with E-state index >= 15 is 0 Å². The Bertz CT molecular complexity index is 599. The number of benzene rings is 1. The average molecular weight is 271 g/mol. The highest BCUT2D eigenvalue weighted by molar-refractivity contribution is 6.00. The van der Waals surface area contributed by atoms with Gasteiger partial charge in [0.25, 0.3) is 0 Å². The highest BCUT2D eigenvalue weighted by Gasteiger charge is 2.26. The first-order chi connectivity index (χ1) is 9.79. The van der Waals surface area contributed by atoms with Gasteiger partial charge in [0.15, 0.2) is 0 Å². The zero-order valence-electron chi connectivity index (χ0n) is 11.5. The number of aliphatic hydroxyl groups is 1. The molecule has 1 aliphatic carbocycles. The molecule has 3 rings (SSSR count). The van der Waals surface area contributed by atoms with Crippen LogP contribution in [0.5, 0.6) is 0 Å². The maximum absolute atomic E-state index is 9.39. The predicted octanol–water partition coefficient (Wildman–Crippen LogP) is 2.64. The molecule has 2 unspecified atom stereocenters. The molecule has 20 heavy (non-hydrogen) atoms. The maximum atomic E-state index is 9.39. The van der Waals surface area contributed by atoms with Gasteiger partial charge < -0.3 is 16.2 Å². The van der Waals surface area contributed by atoms with E-state index in [1.54, 1.807) is 6.20 Å². The predicted molar refractivity (Wildman–Crippen MR) is 82.6 cm³/mol. The van der Waals surface area contributed by atoms with E-state index in [2.05, 4.69) is 10.3 Å². The van der Waals surface area contributed by atoms with Gasteiger partial charge in [0.2, 0.25) is 0 Å². The summed E-state index contributed by atoms with van der Waals surface area (Å²) >= 11 is 0. The number of nitrogens with two attached hydrogens (primary N) is 1. The van der Waals surface area contributed by atoms with Crippen molar-refractivity contribution in [3.63, 3.8) is 0 Å². The average Bonchev–Trinajstić information content (AvgIpc) is 2.94. The number of aliphatic hydroxyl groups excluding tert-OH is 1. The lowest BCUT2D eigenvalue weighted by molar-refractivity contribution is 0.199. The molecule has 0 spiro atoms. The van der Waals surface area contributed by atoms with Crippen molar-refractivity contribution >= 4 is 22.1 Å². The highest BCUT2D eigenvalue weighted by Crippen LogP contribution is 2.33. The molecule has 1 aromatic heterocycles. The second kappa shape index (κ2) is 5.67. The minimum absolute atomic E-state index is 0.304. The SMILES string of the molecule is Nc1ccc(NCC2CCCC2CO)c2ccncc12. The van der Waals surface area contributed by atoms with Gasteiger partial charge >= 0.3 is 0 Å². The van der Waals surface area contributed by atoms with Crippen molar-refractivity contribution in [3.05, 3.63) is 30.6 Å². The van der Waals surface area contributed by atoms with Crippen LogP contribution >= 0.6 is 0 Å². The summed E-state index contributed by atoms with van der Waals surface area (Å²) in [5, 5.41) is 15.0. The first-order valence-corrected chi connectivity index (χ1v) is 7.26. The summed E-state index contributed by atoms with van der Waals surface area (Å²) < 4.78 is 0. The zero-order valence-corrected chi connectivity index (χ0v) is 11.5. The van der Waals surface area contributed by atoms with Crippen molar-refractivity contribution in [1.29, 1.82) is 0 Å². The molecule has 1 aromatic carbocycles. The van der Waals surface area contributed by atoms with Gasteiger partial charge in [-0.1, -0.05) is 6.42 Å². The van der Waals surface area contributed by atoms with Crippen molar-refractivity contribution in [1.82, 2.24) is 4.98 Å². The van der Waals surface area contributed by atoms with Gasteiger partial charge in [0.05, 0.1) is 0 Å². The van der Waals surface area contributed by atoms with E-state index in [9.17, 15) is 5.11 Å². The Morgan fingerprint density at radius 1 is 1.20 bits per heavy atom. The van der Waals surface area contributed by atoms with E-state index < -0.39 is 0 Å². The molecule has 4 heteroatoms. The Balaban J connectivity index is 1.79. The lowest BCUT2D eigenvalue weighted by Gasteiger charge is -2.19. The monoisotopic (exact) mass is 271 g/mol. The molecule has 106 valence electrons. The summed E-state index contributed by atoms with van der Waals surface area (Å²) in [5.41, 5.74) is 7.84. The van der Waals surface area contributed by atoms with Gasteiger partial charge in [-0.05, 0) is 42.9 Å². The smallest absolute Gasteiger partial charge is 0.0462 e. The van der Waals surface area contributed by atoms with Gasteiger partial charge in [-0.25, -0.2) is 0 Å². The van der Waals surface area contributed by atoms with Crippen molar-refractivity contribution in [2.24, 2.45) is 11.8 Å². The van der Waals surface area contributed by atoms with E-state index in [0.717, 1.165) is 35.1 Å². The van der Waals surface area contributed by atoms with Crippen molar-refractivity contribution < 1.29 is 5.11 Å². The van der Waals surface area contributed by atoms with Crippen LogP contribution in [0.1, 0.15) is 19.3 Å². The molecule has 4 N–H and O–H groups in total. The molecular formula is C16H21N3O. The van der Waals surface area contributed by atoms with Gasteiger partial charge in [0, 0.05) is 47.7 Å². The summed E-state index contributed by atoms with van der Waals surface area (Å²) in [4.78, 5) is 4.14. The molecule has 1 saturated carbocycles. The molecule has 0 bridgehead atoms. The fourth-order valence-electron chi connectivity index (χ4n) is 3.23. The van der Waals surface area contributed by atoms with Crippen LogP contribution < -0.4 is 11.1 Å². The Labute approximate surface area is 119 Å². The Kier molecular flexibility index (Phi) is 3.74. The van der Waals surface area contributed by atoms with Crippen LogP contribution in [-0.4, -0.2) is 23.2 Å². The van der Waals surface area contributed by atoms with Crippen LogP contribution in [0, 0.1) is 11.8 Å². The normalized spacial score (nSPS) is 22.2. The van der Waals surface area contributed by atoms with Crippen LogP contribution in [-0.2, 0) is 0 Å². The zero-order chi connectivity index (χ0) is 13.9. The van der Waals surface area contributed by atoms with E-state index in [-0.39, 0.29) is 0 Å². The number of nitrogen functional groups attached to an aromatic ring is 1. The first kappa shape index (κ1) is 13.2. The Hall–Kier alpha value is -1.81. The van der Waals surface area contributed by atoms with Crippen LogP contribution in [0.15, 0.2) is 30.6 Å². The van der Waals surface area contributed by atoms with Crippen LogP contribution in [0.2, 0.25) is 0 Å². The quantitative estimate of drug-likeness (QED) is 0.748. The molecule has 2 atom stereocenters. The minimum Gasteiger partial charge on any atom is -0.398 e. The largest absolute Gasteiger partial charge is 0.398 e. The second-order valence-corrected chi connectivity index (χ2v) is 5.64. The number of pyridine rings is 1. The number of hydrogen-bond acceptors (Lipinski definition) is 4. The summed E-state index contributed by atoms with van der Waals surface area (Å²) in [6, 6.07) is 5.94. The summed E-state index contributed by atoms with van der Waals surface area (Å²) in [6.07, 6.45) is 7.17. The fraction of sp³-hybridized carbons (Fsp3) is 0.438. The molecule has 0 saturated heterocycles. The minimum atomic E-state index is 0.304. The second-order valence-electron chi connectivity index (χ2n) is 5.64. The van der Waals surface area contributed by atoms with E-state index in [4.69, 9.17) is 5.73 Å². The third kappa shape index (κ3) is 2.43. The molecule has 0 amide bonds. The summed E-state index contributed by atoms with van der Waals surface area (Å²) in [5.74, 6) is 1.01. The van der Waals surface area contributed by atoms with Gasteiger partial charge in [0.1, 0.15) is 0 Å². The Morgan fingerprint density at radius 3 is 2.90 bits per heavy atom. The molecule has 1 aliphatic rings. The van der Waals surface area contributed by atoms with E-state index in [0.29, 0.717) is 18.4 Å². The summed E-state index contributed by atoms with van der Waals surface area (Å²) in [6.45, 7) is 1.21. The van der Waals surface area contributed by atoms with Crippen LogP contribution in [0.25, 0.3) is 10.8 Å². The molecule has 1 heterocycles. The number of hydrogen-bond donors (Lipinski definition) is 3. The third-order valence-corrected chi connectivity index (χ3v) is 4.46. The molecular weight excluding hydrogens is 250 g/mol. The van der Waals surface area contributed by atoms with Crippen LogP contribution in [0.4, 0.5) is 11.4 Å². The van der Waals surface area contributed by atoms with Crippen molar-refractivity contribution in [3.8, 4) is 0 Å². The number of aromatic nitrogens is 1. The van der Waals surface area contributed by atoms with Crippen molar-refractivity contribution in [2.45, 2.75) is 19.3 Å². The van der Waals surface area contributed by atoms with E-state index in [1.807, 2.05) is 24.4 Å². The van der Waals surface area contributed by atoms with Crippen LogP contribution in [0.3, 0.4) is 0 Å². The van der Waals surface area contributed by atoms with Gasteiger partial charge in [-0.2, -0.15) is 0 Å². The lowest BCUT2D eigenvalue weighted by atomic mass is 9.96. The van der Waals surface area contributed by atoms with Gasteiger partial charge in [-0.15, -0.1) is 0 Å². The fourth-order valence-corrected chi connectivity index (χ4v) is 3.23. The number of anilines is 2. The summed E-state index contributed by atoms with van der Waals surface area (Å²) in [7, 11) is 0. The standard InChI is InChI=1S/C16H21N3O/c17-15-4-5-16(13-6-7-18-9-14(13)15)19-8-11-2-1-3-12(11)10-20/h4-7,9,11-12,19-20H,1-3,8,10,17H2. The highest BCUT2D eigenvalue weighted by atomic mass is 16.3. The molecule has 4 nitrogen and oxygen atoms in total. The van der Waals surface area contributed by atoms with Gasteiger partial charge in [-0.3, -0.25) is 4.98 Å². The third-order valence-electron chi connectivity index (χ3n) is 4.46. The number of rotatable bonds is 4. The number of fused-ring (bicyclic) bond motifs is 1. The molecule has 2 aromatic rings. The number of nitrogens with one attached hydrogen (secondary N) is 1. The molecule has 0 radical (unpaired) electrons. The van der Waals surface area contributed by atoms with Crippen molar-refractivity contribution in [2.75, 3.05) is 24.2 Å². The number of nitrogens with zero attached hydrogens (tertiary/aromatic N) is 1. The lowest BCUT2D eigenvalue weighted by Crippen LogP contribution is -2.20. The van der Waals surface area contributed by atoms with E-state index in [1.165, 1.54) is 12.8 Å².